The lowest BCUT2D eigenvalue weighted by Crippen LogP contribution is -2.45. The molecule has 0 aliphatic rings. The lowest BCUT2D eigenvalue weighted by molar-refractivity contribution is -0.146. The first-order chi connectivity index (χ1) is 15.1. The molecule has 0 unspecified atom stereocenters. The van der Waals surface area contributed by atoms with Gasteiger partial charge in [0.25, 0.3) is 0 Å². The van der Waals surface area contributed by atoms with Crippen LogP contribution in [0.15, 0.2) is 24.3 Å². The molecule has 0 saturated carbocycles. The number of rotatable bonds is 7. The van der Waals surface area contributed by atoms with Crippen LogP contribution in [0.2, 0.25) is 0 Å². The van der Waals surface area contributed by atoms with Gasteiger partial charge in [0.15, 0.2) is 5.65 Å². The predicted octanol–water partition coefficient (Wildman–Crippen LogP) is 3.71. The van der Waals surface area contributed by atoms with Crippen LogP contribution in [0.3, 0.4) is 0 Å². The molecular weight excluding hydrogens is 411 g/mol. The highest BCUT2D eigenvalue weighted by atomic mass is 19.1. The van der Waals surface area contributed by atoms with Gasteiger partial charge in [-0.25, -0.2) is 18.7 Å². The molecule has 0 radical (unpaired) electrons. The standard InChI is InChI=1S/C24H29FN4O3/c1-13(2)22(24(31)32-6)27-20(30)12-11-19-14(3)26-23-21(15(4)28-29(23)16(19)5)17-7-9-18(25)10-8-17/h7-10,13,22H,11-12H2,1-6H3,(H,27,30)/t22-/m1/s1. The summed E-state index contributed by atoms with van der Waals surface area (Å²) in [6, 6.07) is 5.60. The molecule has 0 aliphatic heterocycles. The van der Waals surface area contributed by atoms with E-state index in [9.17, 15) is 14.0 Å². The molecular formula is C24H29FN4O3. The number of amides is 1. The van der Waals surface area contributed by atoms with E-state index in [2.05, 4.69) is 10.4 Å². The topological polar surface area (TPSA) is 85.6 Å². The third-order valence-corrected chi connectivity index (χ3v) is 5.67. The number of ether oxygens (including phenoxy) is 1. The van der Waals surface area contributed by atoms with Crippen LogP contribution >= 0.6 is 0 Å². The number of aryl methyl sites for hydroxylation is 3. The molecule has 0 spiro atoms. The highest BCUT2D eigenvalue weighted by Gasteiger charge is 2.25. The lowest BCUT2D eigenvalue weighted by Gasteiger charge is -2.20. The first-order valence-electron chi connectivity index (χ1n) is 10.6. The number of aromatic nitrogens is 3. The maximum atomic E-state index is 13.4. The van der Waals surface area contributed by atoms with Crippen molar-refractivity contribution in [1.82, 2.24) is 19.9 Å². The van der Waals surface area contributed by atoms with E-state index in [1.807, 2.05) is 34.6 Å². The molecule has 8 heteroatoms. The summed E-state index contributed by atoms with van der Waals surface area (Å²) in [5.41, 5.74) is 5.82. The number of carbonyl (C=O) groups excluding carboxylic acids is 2. The molecule has 2 heterocycles. The summed E-state index contributed by atoms with van der Waals surface area (Å²) in [6.07, 6.45) is 0.670. The second-order valence-electron chi connectivity index (χ2n) is 8.28. The maximum absolute atomic E-state index is 13.4. The molecule has 7 nitrogen and oxygen atoms in total. The van der Waals surface area contributed by atoms with E-state index in [4.69, 9.17) is 9.72 Å². The van der Waals surface area contributed by atoms with Gasteiger partial charge in [0, 0.05) is 23.4 Å². The third-order valence-electron chi connectivity index (χ3n) is 5.67. The fourth-order valence-electron chi connectivity index (χ4n) is 3.89. The van der Waals surface area contributed by atoms with E-state index in [0.717, 1.165) is 33.8 Å². The number of benzene rings is 1. The number of methoxy groups -OCH3 is 1. The van der Waals surface area contributed by atoms with Gasteiger partial charge in [-0.3, -0.25) is 4.79 Å². The molecule has 3 aromatic rings. The second kappa shape index (κ2) is 9.46. The number of fused-ring (bicyclic) bond motifs is 1. The Kier molecular flexibility index (Phi) is 6.91. The number of hydrogen-bond acceptors (Lipinski definition) is 5. The number of nitrogens with one attached hydrogen (secondary N) is 1. The molecule has 3 rings (SSSR count). The van der Waals surface area contributed by atoms with Crippen LogP contribution in [-0.4, -0.2) is 39.6 Å². The summed E-state index contributed by atoms with van der Waals surface area (Å²) in [6.45, 7) is 9.46. The van der Waals surface area contributed by atoms with Crippen LogP contribution in [-0.2, 0) is 20.7 Å². The normalized spacial score (nSPS) is 12.2. The zero-order chi connectivity index (χ0) is 23.6. The largest absolute Gasteiger partial charge is 0.467 e. The van der Waals surface area contributed by atoms with Crippen molar-refractivity contribution in [3.8, 4) is 11.1 Å². The third kappa shape index (κ3) is 4.64. The zero-order valence-electron chi connectivity index (χ0n) is 19.3. The fraction of sp³-hybridized carbons (Fsp3) is 0.417. The van der Waals surface area contributed by atoms with E-state index in [-0.39, 0.29) is 24.1 Å². The van der Waals surface area contributed by atoms with E-state index in [1.165, 1.54) is 19.2 Å². The van der Waals surface area contributed by atoms with Gasteiger partial charge in [-0.2, -0.15) is 5.10 Å². The first kappa shape index (κ1) is 23.4. The quantitative estimate of drug-likeness (QED) is 0.566. The van der Waals surface area contributed by atoms with Crippen molar-refractivity contribution in [1.29, 1.82) is 0 Å². The SMILES string of the molecule is COC(=O)[C@H](NC(=O)CCc1c(C)nc2c(-c3ccc(F)cc3)c(C)nn2c1C)C(C)C. The summed E-state index contributed by atoms with van der Waals surface area (Å²) in [5.74, 6) is -1.05. The van der Waals surface area contributed by atoms with E-state index in [0.29, 0.717) is 12.1 Å². The van der Waals surface area contributed by atoms with Gasteiger partial charge in [-0.05, 0) is 56.4 Å². The van der Waals surface area contributed by atoms with E-state index < -0.39 is 12.0 Å². The molecule has 0 aliphatic carbocycles. The molecule has 0 saturated heterocycles. The van der Waals surface area contributed by atoms with Crippen molar-refractivity contribution < 1.29 is 18.7 Å². The molecule has 0 fully saturated rings. The summed E-state index contributed by atoms with van der Waals surface area (Å²) in [5, 5.41) is 7.41. The molecule has 0 bridgehead atoms. The van der Waals surface area contributed by atoms with Crippen LogP contribution in [0.1, 0.15) is 42.9 Å². The highest BCUT2D eigenvalue weighted by molar-refractivity contribution is 5.85. The van der Waals surface area contributed by atoms with Crippen LogP contribution in [0.25, 0.3) is 16.8 Å². The van der Waals surface area contributed by atoms with Crippen LogP contribution in [0.4, 0.5) is 4.39 Å². The lowest BCUT2D eigenvalue weighted by atomic mass is 10.0. The van der Waals surface area contributed by atoms with Gasteiger partial charge in [-0.1, -0.05) is 26.0 Å². The van der Waals surface area contributed by atoms with Crippen LogP contribution in [0.5, 0.6) is 0 Å². The fourth-order valence-corrected chi connectivity index (χ4v) is 3.89. The van der Waals surface area contributed by atoms with Gasteiger partial charge in [-0.15, -0.1) is 0 Å². The van der Waals surface area contributed by atoms with Crippen molar-refractivity contribution in [3.63, 3.8) is 0 Å². The van der Waals surface area contributed by atoms with Gasteiger partial charge in [0.2, 0.25) is 5.91 Å². The monoisotopic (exact) mass is 440 g/mol. The van der Waals surface area contributed by atoms with E-state index in [1.54, 1.807) is 16.6 Å². The van der Waals surface area contributed by atoms with E-state index >= 15 is 0 Å². The van der Waals surface area contributed by atoms with Gasteiger partial charge < -0.3 is 10.1 Å². The average Bonchev–Trinajstić information content (AvgIpc) is 3.07. The predicted molar refractivity (Wildman–Crippen MR) is 120 cm³/mol. The molecule has 1 N–H and O–H groups in total. The van der Waals surface area contributed by atoms with Crippen molar-refractivity contribution in [3.05, 3.63) is 52.7 Å². The Bertz CT molecular complexity index is 1150. The van der Waals surface area contributed by atoms with Crippen LogP contribution < -0.4 is 5.32 Å². The Morgan fingerprint density at radius 1 is 1.12 bits per heavy atom. The number of carbonyl (C=O) groups is 2. The summed E-state index contributed by atoms with van der Waals surface area (Å²) < 4.78 is 19.9. The number of hydrogen-bond donors (Lipinski definition) is 1. The molecule has 170 valence electrons. The molecule has 32 heavy (non-hydrogen) atoms. The summed E-state index contributed by atoms with van der Waals surface area (Å²) in [4.78, 5) is 29.2. The van der Waals surface area contributed by atoms with Crippen molar-refractivity contribution >= 4 is 17.5 Å². The second-order valence-corrected chi connectivity index (χ2v) is 8.28. The van der Waals surface area contributed by atoms with Gasteiger partial charge in [0.1, 0.15) is 11.9 Å². The Morgan fingerprint density at radius 3 is 2.38 bits per heavy atom. The molecule has 1 aromatic carbocycles. The molecule has 1 amide bonds. The minimum atomic E-state index is -0.678. The average molecular weight is 441 g/mol. The summed E-state index contributed by atoms with van der Waals surface area (Å²) >= 11 is 0. The maximum Gasteiger partial charge on any atom is 0.328 e. The summed E-state index contributed by atoms with van der Waals surface area (Å²) in [7, 11) is 1.31. The smallest absolute Gasteiger partial charge is 0.328 e. The highest BCUT2D eigenvalue weighted by Crippen LogP contribution is 2.29. The minimum Gasteiger partial charge on any atom is -0.467 e. The molecule has 1 atom stereocenters. The Morgan fingerprint density at radius 2 is 1.78 bits per heavy atom. The Hall–Kier alpha value is -3.29. The molecule has 2 aromatic heterocycles. The number of esters is 1. The minimum absolute atomic E-state index is 0.0789. The van der Waals surface area contributed by atoms with Crippen molar-refractivity contribution in [2.24, 2.45) is 5.92 Å². The van der Waals surface area contributed by atoms with Gasteiger partial charge in [0.05, 0.1) is 12.8 Å². The number of halogens is 1. The van der Waals surface area contributed by atoms with Gasteiger partial charge >= 0.3 is 5.97 Å². The van der Waals surface area contributed by atoms with Crippen molar-refractivity contribution in [2.75, 3.05) is 7.11 Å². The first-order valence-corrected chi connectivity index (χ1v) is 10.6. The number of nitrogens with zero attached hydrogens (tertiary/aromatic N) is 3. The van der Waals surface area contributed by atoms with Crippen LogP contribution in [0, 0.1) is 32.5 Å². The Labute approximate surface area is 187 Å². The van der Waals surface area contributed by atoms with Crippen molar-refractivity contribution in [2.45, 2.75) is 53.5 Å². The zero-order valence-corrected chi connectivity index (χ0v) is 19.3. The Balaban J connectivity index is 1.87.